The first kappa shape index (κ1) is 15.7. The van der Waals surface area contributed by atoms with E-state index in [9.17, 15) is 13.2 Å². The lowest BCUT2D eigenvalue weighted by molar-refractivity contribution is -0.114. The second-order valence-corrected chi connectivity index (χ2v) is 7.37. The van der Waals surface area contributed by atoms with Crippen molar-refractivity contribution in [1.82, 2.24) is 4.98 Å². The molecule has 0 fully saturated rings. The summed E-state index contributed by atoms with van der Waals surface area (Å²) < 4.78 is 24.7. The molecule has 6 nitrogen and oxygen atoms in total. The third-order valence-corrected chi connectivity index (χ3v) is 4.53. The van der Waals surface area contributed by atoms with Gasteiger partial charge < -0.3 is 5.32 Å². The fourth-order valence-corrected chi connectivity index (χ4v) is 3.18. The summed E-state index contributed by atoms with van der Waals surface area (Å²) >= 11 is 7.11. The first-order valence-corrected chi connectivity index (χ1v) is 8.89. The zero-order valence-electron chi connectivity index (χ0n) is 11.0. The topological polar surface area (TPSA) is 79.4 Å². The number of halogens is 1. The van der Waals surface area contributed by atoms with Gasteiger partial charge in [-0.1, -0.05) is 17.7 Å². The van der Waals surface area contributed by atoms with Gasteiger partial charge in [0.2, 0.25) is 15.9 Å². The largest absolute Gasteiger partial charge is 0.300 e. The molecule has 1 N–H and O–H groups in total. The summed E-state index contributed by atoms with van der Waals surface area (Å²) in [7, 11) is -3.61. The molecule has 0 aliphatic heterocycles. The number of benzene rings is 1. The van der Waals surface area contributed by atoms with E-state index in [1.165, 1.54) is 17.4 Å². The number of nitrogens with one attached hydrogen (secondary N) is 1. The molecule has 0 unspecified atom stereocenters. The normalized spacial score (nSPS) is 11.1. The summed E-state index contributed by atoms with van der Waals surface area (Å²) in [4.78, 5) is 15.9. The van der Waals surface area contributed by atoms with Gasteiger partial charge >= 0.3 is 0 Å². The maximum absolute atomic E-state index is 11.9. The van der Waals surface area contributed by atoms with Gasteiger partial charge in [0.1, 0.15) is 6.54 Å². The van der Waals surface area contributed by atoms with E-state index < -0.39 is 15.9 Å². The van der Waals surface area contributed by atoms with Crippen molar-refractivity contribution in [2.75, 3.05) is 22.4 Å². The SMILES string of the molecule is CS(=O)(=O)N(CC(=O)Nc1nccs1)c1cccc(Cl)c1. The van der Waals surface area contributed by atoms with E-state index in [-0.39, 0.29) is 6.54 Å². The molecule has 0 spiro atoms. The predicted molar refractivity (Wildman–Crippen MR) is 84.4 cm³/mol. The average Bonchev–Trinajstić information content (AvgIpc) is 2.87. The number of nitrogens with zero attached hydrogens (tertiary/aromatic N) is 2. The highest BCUT2D eigenvalue weighted by molar-refractivity contribution is 7.92. The molecule has 1 heterocycles. The van der Waals surface area contributed by atoms with Crippen LogP contribution in [0.1, 0.15) is 0 Å². The number of hydrogen-bond acceptors (Lipinski definition) is 5. The summed E-state index contributed by atoms with van der Waals surface area (Å²) in [5, 5.41) is 5.05. The van der Waals surface area contributed by atoms with Crippen LogP contribution in [-0.2, 0) is 14.8 Å². The highest BCUT2D eigenvalue weighted by atomic mass is 35.5. The molecular formula is C12H12ClN3O3S2. The van der Waals surface area contributed by atoms with Crippen molar-refractivity contribution >= 4 is 49.7 Å². The van der Waals surface area contributed by atoms with E-state index in [2.05, 4.69) is 10.3 Å². The molecule has 1 aromatic carbocycles. The summed E-state index contributed by atoms with van der Waals surface area (Å²) in [6.45, 7) is -0.348. The van der Waals surface area contributed by atoms with Crippen molar-refractivity contribution in [2.45, 2.75) is 0 Å². The summed E-state index contributed by atoms with van der Waals surface area (Å²) in [6.07, 6.45) is 2.58. The zero-order chi connectivity index (χ0) is 15.5. The minimum absolute atomic E-state index is 0.333. The van der Waals surface area contributed by atoms with E-state index in [1.807, 2.05) is 0 Å². The van der Waals surface area contributed by atoms with Crippen LogP contribution in [0.25, 0.3) is 0 Å². The molecule has 9 heteroatoms. The van der Waals surface area contributed by atoms with E-state index >= 15 is 0 Å². The Balaban J connectivity index is 2.20. The van der Waals surface area contributed by atoms with Crippen LogP contribution < -0.4 is 9.62 Å². The van der Waals surface area contributed by atoms with Gasteiger partial charge in [-0.3, -0.25) is 9.10 Å². The first-order valence-electron chi connectivity index (χ1n) is 5.79. The van der Waals surface area contributed by atoms with E-state index in [0.29, 0.717) is 15.8 Å². The van der Waals surface area contributed by atoms with E-state index in [1.54, 1.807) is 29.8 Å². The Morgan fingerprint density at radius 3 is 2.81 bits per heavy atom. The van der Waals surface area contributed by atoms with Crippen LogP contribution in [0.2, 0.25) is 5.02 Å². The highest BCUT2D eigenvalue weighted by Gasteiger charge is 2.21. The van der Waals surface area contributed by atoms with Crippen LogP contribution in [0.15, 0.2) is 35.8 Å². The monoisotopic (exact) mass is 345 g/mol. The number of thiazole rings is 1. The summed E-state index contributed by atoms with van der Waals surface area (Å²) in [5.41, 5.74) is 0.333. The van der Waals surface area contributed by atoms with Crippen LogP contribution in [0.3, 0.4) is 0 Å². The number of carbonyl (C=O) groups is 1. The maximum Gasteiger partial charge on any atom is 0.246 e. The fourth-order valence-electron chi connectivity index (χ4n) is 1.61. The van der Waals surface area contributed by atoms with Crippen molar-refractivity contribution in [3.63, 3.8) is 0 Å². The standard InChI is InChI=1S/C12H12ClN3O3S2/c1-21(18,19)16(10-4-2-3-9(13)7-10)8-11(17)15-12-14-5-6-20-12/h2-7H,8H2,1H3,(H,14,15,17). The molecular weight excluding hydrogens is 334 g/mol. The second-order valence-electron chi connectivity index (χ2n) is 4.13. The van der Waals surface area contributed by atoms with Gasteiger partial charge in [-0.05, 0) is 18.2 Å². The Labute approximate surface area is 131 Å². The van der Waals surface area contributed by atoms with Crippen molar-refractivity contribution in [3.05, 3.63) is 40.9 Å². The third kappa shape index (κ3) is 4.42. The number of hydrogen-bond donors (Lipinski definition) is 1. The van der Waals surface area contributed by atoms with Crippen LogP contribution in [0.5, 0.6) is 0 Å². The molecule has 0 atom stereocenters. The quantitative estimate of drug-likeness (QED) is 0.901. The number of carbonyl (C=O) groups excluding carboxylic acids is 1. The van der Waals surface area contributed by atoms with Crippen LogP contribution in [-0.4, -0.2) is 32.1 Å². The molecule has 2 rings (SSSR count). The molecule has 21 heavy (non-hydrogen) atoms. The van der Waals surface area contributed by atoms with Gasteiger partial charge in [-0.2, -0.15) is 0 Å². The lowest BCUT2D eigenvalue weighted by Crippen LogP contribution is -2.37. The summed E-state index contributed by atoms with van der Waals surface area (Å²) in [5.74, 6) is -0.477. The van der Waals surface area contributed by atoms with E-state index in [0.717, 1.165) is 10.6 Å². The Kier molecular flexibility index (Phi) is 4.81. The lowest BCUT2D eigenvalue weighted by atomic mass is 10.3. The van der Waals surface area contributed by atoms with Crippen molar-refractivity contribution in [1.29, 1.82) is 0 Å². The Bertz CT molecular complexity index is 732. The fraction of sp³-hybridized carbons (Fsp3) is 0.167. The van der Waals surface area contributed by atoms with Crippen molar-refractivity contribution in [3.8, 4) is 0 Å². The molecule has 1 amide bonds. The second kappa shape index (κ2) is 6.42. The number of amides is 1. The minimum atomic E-state index is -3.61. The number of anilines is 2. The lowest BCUT2D eigenvalue weighted by Gasteiger charge is -2.21. The Morgan fingerprint density at radius 1 is 1.48 bits per heavy atom. The van der Waals surface area contributed by atoms with Crippen molar-refractivity contribution < 1.29 is 13.2 Å². The highest BCUT2D eigenvalue weighted by Crippen LogP contribution is 2.21. The van der Waals surface area contributed by atoms with Crippen molar-refractivity contribution in [2.24, 2.45) is 0 Å². The molecule has 1 aromatic heterocycles. The molecule has 0 saturated heterocycles. The Hall–Kier alpha value is -1.64. The van der Waals surface area contributed by atoms with Gasteiger partial charge in [-0.25, -0.2) is 13.4 Å². The van der Waals surface area contributed by atoms with Gasteiger partial charge in [0.25, 0.3) is 0 Å². The molecule has 0 saturated carbocycles. The average molecular weight is 346 g/mol. The first-order chi connectivity index (χ1) is 9.86. The third-order valence-electron chi connectivity index (χ3n) is 2.46. The van der Waals surface area contributed by atoms with Gasteiger partial charge in [0.15, 0.2) is 5.13 Å². The van der Waals surface area contributed by atoms with Crippen LogP contribution >= 0.6 is 22.9 Å². The number of aromatic nitrogens is 1. The molecule has 2 aromatic rings. The van der Waals surface area contributed by atoms with Gasteiger partial charge in [-0.15, -0.1) is 11.3 Å². The maximum atomic E-state index is 11.9. The van der Waals surface area contributed by atoms with Gasteiger partial charge in [0, 0.05) is 16.6 Å². The van der Waals surface area contributed by atoms with Gasteiger partial charge in [0.05, 0.1) is 11.9 Å². The predicted octanol–water partition coefficient (Wildman–Crippen LogP) is 2.20. The Morgan fingerprint density at radius 2 is 2.24 bits per heavy atom. The number of rotatable bonds is 5. The number of sulfonamides is 1. The van der Waals surface area contributed by atoms with Crippen LogP contribution in [0.4, 0.5) is 10.8 Å². The zero-order valence-corrected chi connectivity index (χ0v) is 13.4. The smallest absolute Gasteiger partial charge is 0.246 e. The molecule has 0 aliphatic carbocycles. The van der Waals surface area contributed by atoms with Crippen LogP contribution in [0, 0.1) is 0 Å². The summed E-state index contributed by atoms with van der Waals surface area (Å²) in [6, 6.07) is 6.30. The minimum Gasteiger partial charge on any atom is -0.300 e. The van der Waals surface area contributed by atoms with E-state index in [4.69, 9.17) is 11.6 Å². The molecule has 0 bridgehead atoms. The molecule has 0 radical (unpaired) electrons. The molecule has 112 valence electrons. The molecule has 0 aliphatic rings.